The Labute approximate surface area is 182 Å². The van der Waals surface area contributed by atoms with Crippen molar-refractivity contribution in [3.05, 3.63) is 65.2 Å². The summed E-state index contributed by atoms with van der Waals surface area (Å²) in [6.07, 6.45) is 0.169. The maximum Gasteiger partial charge on any atom is 0.230 e. The molecule has 0 aliphatic rings. The van der Waals surface area contributed by atoms with E-state index < -0.39 is 17.9 Å². The van der Waals surface area contributed by atoms with Crippen molar-refractivity contribution in [2.45, 2.75) is 30.6 Å². The Bertz CT molecular complexity index is 1020. The number of amides is 1. The molecular weight excluding hydrogens is 420 g/mol. The quantitative estimate of drug-likeness (QED) is 0.491. The lowest BCUT2D eigenvalue weighted by atomic mass is 10.1. The minimum Gasteiger partial charge on any atom is -0.548 e. The van der Waals surface area contributed by atoms with E-state index >= 15 is 0 Å². The Balaban J connectivity index is 1.52. The van der Waals surface area contributed by atoms with Gasteiger partial charge >= 0.3 is 0 Å². The van der Waals surface area contributed by atoms with E-state index in [1.807, 2.05) is 56.3 Å². The average Bonchev–Trinajstić information content (AvgIpc) is 3.16. The van der Waals surface area contributed by atoms with Crippen LogP contribution in [-0.2, 0) is 16.0 Å². The summed E-state index contributed by atoms with van der Waals surface area (Å²) in [5.41, 5.74) is 4.04. The molecule has 3 rings (SSSR count). The molecule has 0 fully saturated rings. The molecule has 3 aromatic rings. The SMILES string of the molecule is Cc1ccc(Nc2nnc(SCC(=O)N[C@H](Cc3ccccc3)C(=O)[O-])s2)c(C)c1. The molecule has 2 N–H and O–H groups in total. The van der Waals surface area contributed by atoms with E-state index in [-0.39, 0.29) is 12.2 Å². The summed E-state index contributed by atoms with van der Waals surface area (Å²) in [6, 6.07) is 14.1. The van der Waals surface area contributed by atoms with Gasteiger partial charge in [0.15, 0.2) is 4.34 Å². The van der Waals surface area contributed by atoms with Gasteiger partial charge in [-0.15, -0.1) is 10.2 Å². The lowest BCUT2D eigenvalue weighted by Gasteiger charge is -2.19. The van der Waals surface area contributed by atoms with Crippen LogP contribution in [-0.4, -0.2) is 33.9 Å². The summed E-state index contributed by atoms with van der Waals surface area (Å²) in [6.45, 7) is 4.05. The zero-order valence-electron chi connectivity index (χ0n) is 16.5. The largest absolute Gasteiger partial charge is 0.548 e. The van der Waals surface area contributed by atoms with Gasteiger partial charge in [0.05, 0.1) is 17.8 Å². The van der Waals surface area contributed by atoms with E-state index in [0.717, 1.165) is 16.8 Å². The number of carboxylic acid groups (broad SMARTS) is 1. The van der Waals surface area contributed by atoms with Crippen LogP contribution < -0.4 is 15.7 Å². The van der Waals surface area contributed by atoms with E-state index in [2.05, 4.69) is 26.9 Å². The van der Waals surface area contributed by atoms with E-state index in [0.29, 0.717) is 9.47 Å². The third kappa shape index (κ3) is 6.30. The fourth-order valence-corrected chi connectivity index (χ4v) is 4.37. The van der Waals surface area contributed by atoms with Gasteiger partial charge in [-0.2, -0.15) is 0 Å². The Kier molecular flexibility index (Phi) is 7.42. The smallest absolute Gasteiger partial charge is 0.230 e. The number of aryl methyl sites for hydroxylation is 2. The summed E-state index contributed by atoms with van der Waals surface area (Å²) in [7, 11) is 0. The van der Waals surface area contributed by atoms with Crippen molar-refractivity contribution < 1.29 is 14.7 Å². The summed E-state index contributed by atoms with van der Waals surface area (Å²) in [5.74, 6) is -1.67. The van der Waals surface area contributed by atoms with Crippen molar-refractivity contribution in [3.63, 3.8) is 0 Å². The molecule has 1 aromatic heterocycles. The molecule has 0 saturated heterocycles. The van der Waals surface area contributed by atoms with Crippen molar-refractivity contribution in [2.75, 3.05) is 11.1 Å². The highest BCUT2D eigenvalue weighted by Crippen LogP contribution is 2.28. The molecule has 2 aromatic carbocycles. The standard InChI is InChI=1S/C21H22N4O3S2/c1-13-8-9-16(14(2)10-13)23-20-24-25-21(30-20)29-12-18(26)22-17(19(27)28)11-15-6-4-3-5-7-15/h3-10,17H,11-12H2,1-2H3,(H,22,26)(H,23,24)(H,27,28)/p-1/t17-/m1/s1. The normalized spacial score (nSPS) is 11.7. The lowest BCUT2D eigenvalue weighted by Crippen LogP contribution is -2.49. The van der Waals surface area contributed by atoms with E-state index in [1.165, 1.54) is 28.7 Å². The maximum atomic E-state index is 12.2. The Morgan fingerprint density at radius 1 is 1.13 bits per heavy atom. The first kappa shape index (κ1) is 21.8. The molecular formula is C21H21N4O3S2-. The molecule has 0 unspecified atom stereocenters. The van der Waals surface area contributed by atoms with Gasteiger partial charge in [-0.1, -0.05) is 71.1 Å². The molecule has 0 spiro atoms. The van der Waals surface area contributed by atoms with Gasteiger partial charge in [0.25, 0.3) is 0 Å². The number of anilines is 2. The van der Waals surface area contributed by atoms with Crippen LogP contribution in [0.2, 0.25) is 0 Å². The lowest BCUT2D eigenvalue weighted by molar-refractivity contribution is -0.308. The zero-order chi connectivity index (χ0) is 21.5. The van der Waals surface area contributed by atoms with Gasteiger partial charge < -0.3 is 20.5 Å². The molecule has 1 amide bonds. The second-order valence-electron chi connectivity index (χ2n) is 6.73. The number of benzene rings is 2. The molecule has 0 aliphatic carbocycles. The molecule has 156 valence electrons. The molecule has 1 heterocycles. The predicted molar refractivity (Wildman–Crippen MR) is 117 cm³/mol. The molecule has 9 heteroatoms. The van der Waals surface area contributed by atoms with Gasteiger partial charge in [0, 0.05) is 5.69 Å². The van der Waals surface area contributed by atoms with Crippen LogP contribution in [0.1, 0.15) is 16.7 Å². The first-order valence-corrected chi connectivity index (χ1v) is 11.1. The summed E-state index contributed by atoms with van der Waals surface area (Å²) in [4.78, 5) is 23.6. The molecule has 1 atom stereocenters. The fourth-order valence-electron chi connectivity index (χ4n) is 2.79. The Hall–Kier alpha value is -2.91. The van der Waals surface area contributed by atoms with Crippen molar-refractivity contribution in [2.24, 2.45) is 0 Å². The minimum atomic E-state index is -1.31. The van der Waals surface area contributed by atoms with E-state index in [1.54, 1.807) is 0 Å². The van der Waals surface area contributed by atoms with Crippen molar-refractivity contribution >= 4 is 45.8 Å². The summed E-state index contributed by atoms with van der Waals surface area (Å²) < 4.78 is 0.616. The van der Waals surface area contributed by atoms with Gasteiger partial charge in [0.2, 0.25) is 11.0 Å². The highest BCUT2D eigenvalue weighted by Gasteiger charge is 2.15. The van der Waals surface area contributed by atoms with Gasteiger partial charge in [-0.05, 0) is 37.5 Å². The number of carboxylic acids is 1. The minimum absolute atomic E-state index is 0.0385. The number of hydrogen-bond acceptors (Lipinski definition) is 8. The molecule has 0 saturated carbocycles. The van der Waals surface area contributed by atoms with Gasteiger partial charge in [-0.3, -0.25) is 4.79 Å². The van der Waals surface area contributed by atoms with E-state index in [9.17, 15) is 14.7 Å². The first-order valence-electron chi connectivity index (χ1n) is 9.25. The van der Waals surface area contributed by atoms with Crippen LogP contribution in [0.5, 0.6) is 0 Å². The number of aromatic nitrogens is 2. The molecule has 7 nitrogen and oxygen atoms in total. The van der Waals surface area contributed by atoms with Crippen LogP contribution in [0.25, 0.3) is 0 Å². The van der Waals surface area contributed by atoms with Crippen molar-refractivity contribution in [1.82, 2.24) is 15.5 Å². The summed E-state index contributed by atoms with van der Waals surface area (Å²) in [5, 5.41) is 25.9. The van der Waals surface area contributed by atoms with Crippen molar-refractivity contribution in [1.29, 1.82) is 0 Å². The Morgan fingerprint density at radius 2 is 1.90 bits per heavy atom. The van der Waals surface area contributed by atoms with Gasteiger partial charge in [-0.25, -0.2) is 0 Å². The highest BCUT2D eigenvalue weighted by molar-refractivity contribution is 8.01. The molecule has 0 aliphatic heterocycles. The third-order valence-corrected chi connectivity index (χ3v) is 6.23. The number of carbonyl (C=O) groups excluding carboxylic acids is 2. The second-order valence-corrected chi connectivity index (χ2v) is 8.93. The number of nitrogens with zero attached hydrogens (tertiary/aromatic N) is 2. The number of rotatable bonds is 9. The number of nitrogens with one attached hydrogen (secondary N) is 2. The fraction of sp³-hybridized carbons (Fsp3) is 0.238. The number of thioether (sulfide) groups is 1. The monoisotopic (exact) mass is 441 g/mol. The van der Waals surface area contributed by atoms with Crippen LogP contribution in [0.15, 0.2) is 52.9 Å². The third-order valence-electron chi connectivity index (χ3n) is 4.26. The number of carbonyl (C=O) groups is 2. The number of aliphatic carboxylic acids is 1. The predicted octanol–water partition coefficient (Wildman–Crippen LogP) is 2.47. The van der Waals surface area contributed by atoms with Crippen LogP contribution >= 0.6 is 23.1 Å². The van der Waals surface area contributed by atoms with Crippen LogP contribution in [0, 0.1) is 13.8 Å². The maximum absolute atomic E-state index is 12.2. The van der Waals surface area contributed by atoms with Crippen LogP contribution in [0.3, 0.4) is 0 Å². The average molecular weight is 442 g/mol. The van der Waals surface area contributed by atoms with E-state index in [4.69, 9.17) is 0 Å². The first-order chi connectivity index (χ1) is 14.4. The van der Waals surface area contributed by atoms with Gasteiger partial charge in [0.1, 0.15) is 0 Å². The van der Waals surface area contributed by atoms with Crippen molar-refractivity contribution in [3.8, 4) is 0 Å². The second kappa shape index (κ2) is 10.2. The molecule has 0 bridgehead atoms. The molecule has 30 heavy (non-hydrogen) atoms. The highest BCUT2D eigenvalue weighted by atomic mass is 32.2. The Morgan fingerprint density at radius 3 is 2.60 bits per heavy atom. The topological polar surface area (TPSA) is 107 Å². The summed E-state index contributed by atoms with van der Waals surface area (Å²) >= 11 is 2.54. The molecule has 0 radical (unpaired) electrons. The van der Waals surface area contributed by atoms with Crippen LogP contribution in [0.4, 0.5) is 10.8 Å². The zero-order valence-corrected chi connectivity index (χ0v) is 18.2. The number of hydrogen-bond donors (Lipinski definition) is 2.